The Balaban J connectivity index is 1.81. The molecule has 2 bridgehead atoms. The fraction of sp³-hybridized carbons (Fsp3) is 0.870. The Morgan fingerprint density at radius 3 is 2.26 bits per heavy atom. The minimum Gasteiger partial charge on any atom is -0.459 e. The summed E-state index contributed by atoms with van der Waals surface area (Å²) < 4.78 is 17.0. The van der Waals surface area contributed by atoms with Crippen LogP contribution in [0.25, 0.3) is 0 Å². The zero-order valence-electron chi connectivity index (χ0n) is 19.5. The quantitative estimate of drug-likeness (QED) is 0.434. The van der Waals surface area contributed by atoms with Gasteiger partial charge < -0.3 is 24.4 Å². The van der Waals surface area contributed by atoms with E-state index in [1.54, 1.807) is 27.7 Å². The van der Waals surface area contributed by atoms with E-state index in [9.17, 15) is 24.6 Å². The molecule has 3 fully saturated rings. The molecule has 31 heavy (non-hydrogen) atoms. The molecule has 3 rings (SSSR count). The highest BCUT2D eigenvalue weighted by Crippen LogP contribution is 2.59. The van der Waals surface area contributed by atoms with Crippen molar-refractivity contribution in [1.29, 1.82) is 0 Å². The van der Waals surface area contributed by atoms with Crippen LogP contribution in [0.1, 0.15) is 67.7 Å². The van der Waals surface area contributed by atoms with Crippen molar-refractivity contribution in [2.75, 3.05) is 0 Å². The van der Waals surface area contributed by atoms with Gasteiger partial charge in [-0.05, 0) is 54.4 Å². The maximum absolute atomic E-state index is 13.2. The molecule has 2 saturated carbocycles. The Morgan fingerprint density at radius 2 is 1.74 bits per heavy atom. The molecular weight excluding hydrogens is 404 g/mol. The Bertz CT molecular complexity index is 744. The van der Waals surface area contributed by atoms with E-state index >= 15 is 0 Å². The van der Waals surface area contributed by atoms with Gasteiger partial charge in [-0.3, -0.25) is 14.4 Å². The summed E-state index contributed by atoms with van der Waals surface area (Å²) in [6, 6.07) is 0. The van der Waals surface area contributed by atoms with E-state index < -0.39 is 58.7 Å². The van der Waals surface area contributed by atoms with Crippen molar-refractivity contribution in [3.63, 3.8) is 0 Å². The molecule has 8 nitrogen and oxygen atoms in total. The molecule has 0 aromatic heterocycles. The fourth-order valence-electron chi connectivity index (χ4n) is 5.00. The van der Waals surface area contributed by atoms with Crippen molar-refractivity contribution in [2.24, 2.45) is 29.1 Å². The number of esters is 3. The molecule has 0 aromatic carbocycles. The first kappa shape index (κ1) is 24.0. The van der Waals surface area contributed by atoms with Crippen molar-refractivity contribution >= 4 is 17.9 Å². The first-order chi connectivity index (χ1) is 14.1. The summed E-state index contributed by atoms with van der Waals surface area (Å²) in [6.07, 6.45) is -1.00. The van der Waals surface area contributed by atoms with E-state index in [0.29, 0.717) is 12.8 Å². The van der Waals surface area contributed by atoms with Gasteiger partial charge in [0.15, 0.2) is 0 Å². The average Bonchev–Trinajstić information content (AvgIpc) is 3.22. The lowest BCUT2D eigenvalue weighted by atomic mass is 9.78. The van der Waals surface area contributed by atoms with Crippen LogP contribution < -0.4 is 0 Å². The van der Waals surface area contributed by atoms with E-state index in [2.05, 4.69) is 0 Å². The first-order valence-electron chi connectivity index (χ1n) is 11.1. The van der Waals surface area contributed by atoms with Gasteiger partial charge in [0.05, 0.1) is 28.5 Å². The average molecular weight is 441 g/mol. The summed E-state index contributed by atoms with van der Waals surface area (Å²) in [5.74, 6) is -3.45. The SMILES string of the molecule is CCC(C)(C)C(=O)OC1C2CC3C1OC(=O)C3C2C(=O)OC(CC(C)(C)O)C(C)(C)O. The van der Waals surface area contributed by atoms with Gasteiger partial charge in [0, 0.05) is 18.3 Å². The van der Waals surface area contributed by atoms with Gasteiger partial charge in [0.2, 0.25) is 0 Å². The lowest BCUT2D eigenvalue weighted by molar-refractivity contribution is -0.182. The fourth-order valence-corrected chi connectivity index (χ4v) is 5.00. The Hall–Kier alpha value is -1.67. The van der Waals surface area contributed by atoms with Crippen LogP contribution in [-0.4, -0.2) is 57.6 Å². The third-order valence-corrected chi connectivity index (χ3v) is 7.23. The maximum Gasteiger partial charge on any atom is 0.311 e. The maximum atomic E-state index is 13.2. The highest BCUT2D eigenvalue weighted by molar-refractivity contribution is 5.86. The van der Waals surface area contributed by atoms with Crippen LogP contribution in [0.15, 0.2) is 0 Å². The van der Waals surface area contributed by atoms with Crippen LogP contribution >= 0.6 is 0 Å². The van der Waals surface area contributed by atoms with Gasteiger partial charge in [-0.25, -0.2) is 0 Å². The molecule has 0 aromatic rings. The minimum absolute atomic E-state index is 0.0316. The molecule has 8 heteroatoms. The van der Waals surface area contributed by atoms with Crippen LogP contribution in [0.4, 0.5) is 0 Å². The third-order valence-electron chi connectivity index (χ3n) is 7.23. The molecule has 3 aliphatic rings. The predicted molar refractivity (Wildman–Crippen MR) is 110 cm³/mol. The van der Waals surface area contributed by atoms with Gasteiger partial charge >= 0.3 is 17.9 Å². The molecule has 2 aliphatic carbocycles. The molecule has 1 aliphatic heterocycles. The molecule has 7 atom stereocenters. The second kappa shape index (κ2) is 7.73. The van der Waals surface area contributed by atoms with Crippen LogP contribution in [-0.2, 0) is 28.6 Å². The van der Waals surface area contributed by atoms with Crippen molar-refractivity contribution < 1.29 is 38.8 Å². The monoisotopic (exact) mass is 440 g/mol. The number of carbonyl (C=O) groups excluding carboxylic acids is 3. The van der Waals surface area contributed by atoms with E-state index in [1.807, 2.05) is 6.92 Å². The zero-order chi connectivity index (χ0) is 23.5. The van der Waals surface area contributed by atoms with Gasteiger partial charge in [0.1, 0.15) is 18.3 Å². The topological polar surface area (TPSA) is 119 Å². The molecular formula is C23H36O8. The first-order valence-corrected chi connectivity index (χ1v) is 11.1. The smallest absolute Gasteiger partial charge is 0.311 e. The van der Waals surface area contributed by atoms with Crippen LogP contribution in [0.2, 0.25) is 0 Å². The molecule has 0 radical (unpaired) electrons. The highest BCUT2D eigenvalue weighted by Gasteiger charge is 2.70. The second-order valence-electron chi connectivity index (χ2n) is 11.2. The predicted octanol–water partition coefficient (Wildman–Crippen LogP) is 1.99. The standard InChI is InChI=1S/C23H36O8/c1-8-21(2,3)20(26)31-17-12-9-11-15(19(25)30-16(11)17)14(12)18(24)29-13(23(6,7)28)10-22(4,5)27/h11-17,27-28H,8-10H2,1-7H3. The minimum atomic E-state index is -1.39. The third kappa shape index (κ3) is 4.46. The van der Waals surface area contributed by atoms with Gasteiger partial charge in [-0.1, -0.05) is 6.92 Å². The molecule has 7 unspecified atom stereocenters. The summed E-state index contributed by atoms with van der Waals surface area (Å²) in [5, 5.41) is 20.7. The van der Waals surface area contributed by atoms with Crippen molar-refractivity contribution in [3.05, 3.63) is 0 Å². The number of aliphatic hydroxyl groups is 2. The van der Waals surface area contributed by atoms with E-state index in [1.165, 1.54) is 13.8 Å². The van der Waals surface area contributed by atoms with Crippen molar-refractivity contribution in [3.8, 4) is 0 Å². The number of ether oxygens (including phenoxy) is 3. The van der Waals surface area contributed by atoms with Gasteiger partial charge in [-0.2, -0.15) is 0 Å². The lowest BCUT2D eigenvalue weighted by Crippen LogP contribution is -2.49. The molecule has 176 valence electrons. The van der Waals surface area contributed by atoms with Crippen LogP contribution in [0, 0.1) is 29.1 Å². The molecule has 0 amide bonds. The molecule has 1 saturated heterocycles. The summed E-state index contributed by atoms with van der Waals surface area (Å²) in [4.78, 5) is 38.5. The summed E-state index contributed by atoms with van der Waals surface area (Å²) in [5.41, 5.74) is -3.23. The Labute approximate surface area is 183 Å². The summed E-state index contributed by atoms with van der Waals surface area (Å²) in [6.45, 7) is 11.6. The number of fused-ring (bicyclic) bond motifs is 1. The van der Waals surface area contributed by atoms with Crippen LogP contribution in [0.3, 0.4) is 0 Å². The van der Waals surface area contributed by atoms with Crippen molar-refractivity contribution in [2.45, 2.75) is 97.2 Å². The largest absolute Gasteiger partial charge is 0.459 e. The summed E-state index contributed by atoms with van der Waals surface area (Å²) >= 11 is 0. The lowest BCUT2D eigenvalue weighted by Gasteiger charge is -2.36. The number of carbonyl (C=O) groups is 3. The number of hydrogen-bond acceptors (Lipinski definition) is 8. The van der Waals surface area contributed by atoms with E-state index in [4.69, 9.17) is 14.2 Å². The van der Waals surface area contributed by atoms with Crippen molar-refractivity contribution in [1.82, 2.24) is 0 Å². The Morgan fingerprint density at radius 1 is 1.13 bits per heavy atom. The normalized spacial score (nSPS) is 33.3. The van der Waals surface area contributed by atoms with Gasteiger partial charge in [0.25, 0.3) is 0 Å². The summed E-state index contributed by atoms with van der Waals surface area (Å²) in [7, 11) is 0. The highest BCUT2D eigenvalue weighted by atomic mass is 16.6. The second-order valence-corrected chi connectivity index (χ2v) is 11.2. The number of rotatable bonds is 8. The van der Waals surface area contributed by atoms with Gasteiger partial charge in [-0.15, -0.1) is 0 Å². The van der Waals surface area contributed by atoms with Crippen LogP contribution in [0.5, 0.6) is 0 Å². The number of hydrogen-bond donors (Lipinski definition) is 2. The molecule has 0 spiro atoms. The van der Waals surface area contributed by atoms with E-state index in [0.717, 1.165) is 0 Å². The van der Waals surface area contributed by atoms with E-state index in [-0.39, 0.29) is 24.2 Å². The molecule has 1 heterocycles. The zero-order valence-corrected chi connectivity index (χ0v) is 19.5. The Kier molecular flexibility index (Phi) is 5.98. The molecule has 2 N–H and O–H groups in total.